The average molecular weight is 426 g/mol. The molecule has 2 saturated heterocycles. The van der Waals surface area contributed by atoms with Crippen molar-refractivity contribution in [3.05, 3.63) is 47.4 Å². The maximum atomic E-state index is 12.1. The Kier molecular flexibility index (Phi) is 3.80. The predicted molar refractivity (Wildman–Crippen MR) is 109 cm³/mol. The second kappa shape index (κ2) is 6.24. The summed E-state index contributed by atoms with van der Waals surface area (Å²) in [5.41, 5.74) is 3.63. The Balaban J connectivity index is 1.25. The minimum absolute atomic E-state index is 0.162. The van der Waals surface area contributed by atoms with Crippen molar-refractivity contribution in [2.24, 2.45) is 0 Å². The van der Waals surface area contributed by atoms with E-state index >= 15 is 0 Å². The van der Waals surface area contributed by atoms with Crippen molar-refractivity contribution in [1.29, 1.82) is 0 Å². The van der Waals surface area contributed by atoms with Crippen LogP contribution in [0.2, 0.25) is 0 Å². The number of rotatable bonds is 4. The zero-order valence-corrected chi connectivity index (χ0v) is 17.4. The van der Waals surface area contributed by atoms with Crippen molar-refractivity contribution in [1.82, 2.24) is 20.0 Å². The van der Waals surface area contributed by atoms with E-state index < -0.39 is 15.4 Å². The van der Waals surface area contributed by atoms with E-state index in [9.17, 15) is 8.42 Å². The number of fused-ring (bicyclic) bond motifs is 4. The van der Waals surface area contributed by atoms with Crippen LogP contribution in [0.3, 0.4) is 0 Å². The topological polar surface area (TPSA) is 96.2 Å². The summed E-state index contributed by atoms with van der Waals surface area (Å²) in [6.07, 6.45) is 5.57. The molecule has 156 valence electrons. The molecule has 0 spiro atoms. The quantitative estimate of drug-likeness (QED) is 0.632. The Morgan fingerprint density at radius 1 is 1.33 bits per heavy atom. The second-order valence-corrected chi connectivity index (χ2v) is 10.9. The van der Waals surface area contributed by atoms with E-state index in [-0.39, 0.29) is 17.1 Å². The van der Waals surface area contributed by atoms with Crippen molar-refractivity contribution < 1.29 is 17.9 Å². The van der Waals surface area contributed by atoms with E-state index in [4.69, 9.17) is 9.47 Å². The third kappa shape index (κ3) is 2.68. The Morgan fingerprint density at radius 2 is 2.20 bits per heavy atom. The van der Waals surface area contributed by atoms with Crippen molar-refractivity contribution in [2.75, 3.05) is 12.4 Å². The normalized spacial score (nSPS) is 27.4. The third-order valence-corrected chi connectivity index (χ3v) is 9.00. The van der Waals surface area contributed by atoms with Gasteiger partial charge in [0.15, 0.2) is 9.84 Å². The fourth-order valence-corrected chi connectivity index (χ4v) is 7.46. The second-order valence-electron chi connectivity index (χ2n) is 8.65. The van der Waals surface area contributed by atoms with Crippen LogP contribution in [0.25, 0.3) is 10.9 Å². The van der Waals surface area contributed by atoms with Crippen LogP contribution in [0.5, 0.6) is 5.75 Å². The molecule has 5 heterocycles. The van der Waals surface area contributed by atoms with Crippen molar-refractivity contribution in [3.8, 4) is 5.75 Å². The van der Waals surface area contributed by atoms with E-state index in [1.807, 2.05) is 37.5 Å². The highest BCUT2D eigenvalue weighted by Crippen LogP contribution is 2.51. The Bertz CT molecular complexity index is 1260. The fraction of sp³-hybridized carbons (Fsp3) is 0.476. The lowest BCUT2D eigenvalue weighted by Gasteiger charge is -2.35. The molecule has 30 heavy (non-hydrogen) atoms. The van der Waals surface area contributed by atoms with Gasteiger partial charge >= 0.3 is 0 Å². The van der Waals surface area contributed by atoms with Crippen LogP contribution in [-0.2, 0) is 33.1 Å². The number of sulfone groups is 1. The van der Waals surface area contributed by atoms with Gasteiger partial charge in [-0.15, -0.1) is 5.10 Å². The standard InChI is InChI=1S/C21H22N4O4S/c1-13(20-10-25(24-23-20)21-7-16(8-21)30(26,27)12-21)29-15-2-3-19-18(6-15)17-4-5-28-11-14(17)9-22-19/h2-3,6,9-10,13,16H,4-5,7-8,11-12H2,1H3/t13-,16?,21?/m1/s1. The molecule has 7 rings (SSSR count). The van der Waals surface area contributed by atoms with Crippen LogP contribution in [0.1, 0.15) is 42.7 Å². The number of hydrogen-bond donors (Lipinski definition) is 0. The lowest BCUT2D eigenvalue weighted by molar-refractivity contribution is 0.111. The molecule has 2 aromatic heterocycles. The molecule has 9 heteroatoms. The largest absolute Gasteiger partial charge is 0.484 e. The van der Waals surface area contributed by atoms with Gasteiger partial charge in [0.2, 0.25) is 0 Å². The highest BCUT2D eigenvalue weighted by Gasteiger charge is 2.61. The summed E-state index contributed by atoms with van der Waals surface area (Å²) in [5.74, 6) is 0.909. The van der Waals surface area contributed by atoms with E-state index in [1.165, 1.54) is 5.56 Å². The van der Waals surface area contributed by atoms with Gasteiger partial charge in [0.05, 0.1) is 41.5 Å². The summed E-state index contributed by atoms with van der Waals surface area (Å²) in [6, 6.07) is 5.92. The van der Waals surface area contributed by atoms with Crippen LogP contribution in [0, 0.1) is 0 Å². The van der Waals surface area contributed by atoms with Gasteiger partial charge < -0.3 is 9.47 Å². The monoisotopic (exact) mass is 426 g/mol. The molecule has 3 aliphatic heterocycles. The lowest BCUT2D eigenvalue weighted by atomic mass is 9.79. The third-order valence-electron chi connectivity index (χ3n) is 6.71. The molecule has 1 aliphatic carbocycles. The summed E-state index contributed by atoms with van der Waals surface area (Å²) < 4.78 is 37.6. The zero-order chi connectivity index (χ0) is 20.5. The molecule has 2 bridgehead atoms. The Labute approximate surface area is 174 Å². The van der Waals surface area contributed by atoms with Gasteiger partial charge in [0.25, 0.3) is 0 Å². The molecule has 0 unspecified atom stereocenters. The van der Waals surface area contributed by atoms with E-state index in [0.29, 0.717) is 25.1 Å². The van der Waals surface area contributed by atoms with Crippen LogP contribution in [0.4, 0.5) is 0 Å². The number of ether oxygens (including phenoxy) is 2. The summed E-state index contributed by atoms with van der Waals surface area (Å²) in [4.78, 5) is 4.53. The summed E-state index contributed by atoms with van der Waals surface area (Å²) in [7, 11) is -2.98. The number of benzene rings is 1. The van der Waals surface area contributed by atoms with Gasteiger partial charge in [0.1, 0.15) is 17.5 Å². The minimum Gasteiger partial charge on any atom is -0.484 e. The first kappa shape index (κ1) is 18.3. The van der Waals surface area contributed by atoms with Gasteiger partial charge in [-0.25, -0.2) is 13.1 Å². The number of hydrogen-bond acceptors (Lipinski definition) is 7. The number of pyridine rings is 1. The zero-order valence-electron chi connectivity index (χ0n) is 16.6. The number of aromatic nitrogens is 4. The van der Waals surface area contributed by atoms with Gasteiger partial charge in [-0.05, 0) is 55.5 Å². The lowest BCUT2D eigenvalue weighted by Crippen LogP contribution is -2.43. The summed E-state index contributed by atoms with van der Waals surface area (Å²) in [5, 5.41) is 9.40. The summed E-state index contributed by atoms with van der Waals surface area (Å²) in [6.45, 7) is 3.24. The van der Waals surface area contributed by atoms with Gasteiger partial charge in [-0.3, -0.25) is 4.98 Å². The molecule has 0 radical (unpaired) electrons. The molecule has 1 aromatic carbocycles. The predicted octanol–water partition coefficient (Wildman–Crippen LogP) is 2.33. The first-order chi connectivity index (χ1) is 14.4. The van der Waals surface area contributed by atoms with Crippen LogP contribution in [-0.4, -0.2) is 46.0 Å². The smallest absolute Gasteiger partial charge is 0.155 e. The Hall–Kier alpha value is -2.52. The SMILES string of the molecule is C[C@@H](Oc1ccc2ncc3c(c2c1)CCOC3)c1cn(C23CC(C2)S(=O)(=O)C3)nn1. The fourth-order valence-electron chi connectivity index (χ4n) is 4.98. The molecule has 0 amide bonds. The average Bonchev–Trinajstić information content (AvgIpc) is 3.37. The number of nitrogens with zero attached hydrogens (tertiary/aromatic N) is 4. The molecule has 3 aromatic rings. The van der Waals surface area contributed by atoms with Crippen LogP contribution in [0.15, 0.2) is 30.6 Å². The molecular weight excluding hydrogens is 404 g/mol. The van der Waals surface area contributed by atoms with Gasteiger partial charge in [-0.2, -0.15) is 0 Å². The molecule has 0 N–H and O–H groups in total. The van der Waals surface area contributed by atoms with Crippen molar-refractivity contribution in [2.45, 2.75) is 49.7 Å². The Morgan fingerprint density at radius 3 is 3.00 bits per heavy atom. The molecule has 1 atom stereocenters. The molecule has 3 fully saturated rings. The van der Waals surface area contributed by atoms with E-state index in [0.717, 1.165) is 35.2 Å². The first-order valence-electron chi connectivity index (χ1n) is 10.2. The van der Waals surface area contributed by atoms with Crippen LogP contribution < -0.4 is 4.74 Å². The van der Waals surface area contributed by atoms with Gasteiger partial charge in [-0.1, -0.05) is 5.21 Å². The highest BCUT2D eigenvalue weighted by atomic mass is 32.2. The summed E-state index contributed by atoms with van der Waals surface area (Å²) >= 11 is 0. The van der Waals surface area contributed by atoms with Gasteiger partial charge in [0, 0.05) is 11.6 Å². The molecule has 8 nitrogen and oxygen atoms in total. The first-order valence-corrected chi connectivity index (χ1v) is 11.9. The maximum absolute atomic E-state index is 12.1. The van der Waals surface area contributed by atoms with Crippen LogP contribution >= 0.6 is 0 Å². The van der Waals surface area contributed by atoms with E-state index in [1.54, 1.807) is 4.68 Å². The van der Waals surface area contributed by atoms with E-state index in [2.05, 4.69) is 15.3 Å². The minimum atomic E-state index is -2.98. The highest BCUT2D eigenvalue weighted by molar-refractivity contribution is 7.92. The molecular formula is C21H22N4O4S. The van der Waals surface area contributed by atoms with Crippen molar-refractivity contribution in [3.63, 3.8) is 0 Å². The molecule has 4 aliphatic rings. The van der Waals surface area contributed by atoms with Crippen molar-refractivity contribution >= 4 is 20.7 Å². The molecule has 1 saturated carbocycles. The maximum Gasteiger partial charge on any atom is 0.155 e.